The third kappa shape index (κ3) is 3.32. The van der Waals surface area contributed by atoms with Crippen molar-refractivity contribution in [3.63, 3.8) is 0 Å². The maximum atomic E-state index is 13.7. The van der Waals surface area contributed by atoms with E-state index in [4.69, 9.17) is 0 Å². The molecule has 160 valence electrons. The van der Waals surface area contributed by atoms with Crippen LogP contribution in [0.2, 0.25) is 0 Å². The van der Waals surface area contributed by atoms with E-state index < -0.39 is 23.2 Å². The number of aromatic nitrogens is 3. The molecule has 5 aromatic rings. The SMILES string of the molecule is O=C(c1ccccc1)n1c(=O)n(-c2ccccc2)c(=O)n1C(=O)c1cccc2ccccc12. The Labute approximate surface area is 187 Å². The van der Waals surface area contributed by atoms with Gasteiger partial charge in [-0.25, -0.2) is 14.2 Å². The molecular formula is C26H17N3O4. The second-order valence-electron chi connectivity index (χ2n) is 7.36. The number of carbonyl (C=O) groups excluding carboxylic acids is 2. The van der Waals surface area contributed by atoms with Crippen molar-refractivity contribution in [1.82, 2.24) is 13.9 Å². The first-order valence-electron chi connectivity index (χ1n) is 10.2. The summed E-state index contributed by atoms with van der Waals surface area (Å²) in [5.41, 5.74) is -1.21. The summed E-state index contributed by atoms with van der Waals surface area (Å²) in [4.78, 5) is 53.8. The molecule has 0 fully saturated rings. The molecule has 0 aliphatic carbocycles. The molecule has 5 rings (SSSR count). The summed E-state index contributed by atoms with van der Waals surface area (Å²) in [6.45, 7) is 0. The molecule has 1 heterocycles. The summed E-state index contributed by atoms with van der Waals surface area (Å²) in [7, 11) is 0. The standard InChI is InChI=1S/C26H17N3O4/c30-23(19-11-3-1-4-12-19)28-25(32)27(20-14-5-2-6-15-20)26(33)29(28)24(31)22-17-9-13-18-10-7-8-16-21(18)22/h1-17H. The Hall–Kier alpha value is -4.78. The van der Waals surface area contributed by atoms with Crippen molar-refractivity contribution in [2.24, 2.45) is 0 Å². The molecule has 0 radical (unpaired) electrons. The van der Waals surface area contributed by atoms with Crippen molar-refractivity contribution in [3.8, 4) is 5.69 Å². The normalized spacial score (nSPS) is 10.9. The van der Waals surface area contributed by atoms with Crippen LogP contribution in [0.1, 0.15) is 20.7 Å². The van der Waals surface area contributed by atoms with E-state index in [1.807, 2.05) is 18.2 Å². The molecule has 7 heteroatoms. The molecule has 1 aromatic heterocycles. The van der Waals surface area contributed by atoms with Gasteiger partial charge >= 0.3 is 11.4 Å². The average molecular weight is 435 g/mol. The van der Waals surface area contributed by atoms with E-state index in [9.17, 15) is 19.2 Å². The lowest BCUT2D eigenvalue weighted by Gasteiger charge is -2.09. The molecule has 0 saturated carbocycles. The monoisotopic (exact) mass is 435 g/mol. The van der Waals surface area contributed by atoms with Gasteiger partial charge in [0.05, 0.1) is 5.69 Å². The third-order valence-electron chi connectivity index (χ3n) is 5.38. The summed E-state index contributed by atoms with van der Waals surface area (Å²) >= 11 is 0. The van der Waals surface area contributed by atoms with Crippen molar-refractivity contribution >= 4 is 22.6 Å². The van der Waals surface area contributed by atoms with Crippen LogP contribution in [0.3, 0.4) is 0 Å². The van der Waals surface area contributed by atoms with Crippen LogP contribution in [-0.2, 0) is 0 Å². The Morgan fingerprint density at radius 1 is 0.545 bits per heavy atom. The first-order chi connectivity index (χ1) is 16.1. The van der Waals surface area contributed by atoms with Crippen molar-refractivity contribution in [2.45, 2.75) is 0 Å². The maximum Gasteiger partial charge on any atom is 0.359 e. The lowest BCUT2D eigenvalue weighted by Crippen LogP contribution is -2.37. The smallest absolute Gasteiger partial charge is 0.267 e. The first kappa shape index (κ1) is 20.1. The molecule has 33 heavy (non-hydrogen) atoms. The molecule has 0 aliphatic rings. The lowest BCUT2D eigenvalue weighted by molar-refractivity contribution is 0.0842. The summed E-state index contributed by atoms with van der Waals surface area (Å²) < 4.78 is 2.05. The lowest BCUT2D eigenvalue weighted by atomic mass is 10.0. The predicted molar refractivity (Wildman–Crippen MR) is 124 cm³/mol. The summed E-state index contributed by atoms with van der Waals surface area (Å²) in [5, 5.41) is 1.40. The van der Waals surface area contributed by atoms with Crippen LogP contribution in [-0.4, -0.2) is 25.7 Å². The fourth-order valence-corrected chi connectivity index (χ4v) is 3.82. The van der Waals surface area contributed by atoms with E-state index in [0.717, 1.165) is 9.95 Å². The third-order valence-corrected chi connectivity index (χ3v) is 5.38. The van der Waals surface area contributed by atoms with Gasteiger partial charge in [0.15, 0.2) is 0 Å². The molecule has 0 amide bonds. The Bertz CT molecular complexity index is 1620. The van der Waals surface area contributed by atoms with Crippen LogP contribution < -0.4 is 11.4 Å². The van der Waals surface area contributed by atoms with E-state index in [2.05, 4.69) is 0 Å². The zero-order valence-corrected chi connectivity index (χ0v) is 17.3. The molecular weight excluding hydrogens is 418 g/mol. The van der Waals surface area contributed by atoms with Crippen LogP contribution in [0, 0.1) is 0 Å². The van der Waals surface area contributed by atoms with Gasteiger partial charge in [0, 0.05) is 11.1 Å². The van der Waals surface area contributed by atoms with Crippen LogP contribution in [0.15, 0.2) is 113 Å². The molecule has 0 N–H and O–H groups in total. The second-order valence-corrected chi connectivity index (χ2v) is 7.36. The molecule has 7 nitrogen and oxygen atoms in total. The number of hydrogen-bond acceptors (Lipinski definition) is 4. The molecule has 4 aromatic carbocycles. The first-order valence-corrected chi connectivity index (χ1v) is 10.2. The van der Waals surface area contributed by atoms with E-state index in [1.165, 1.54) is 12.1 Å². The van der Waals surface area contributed by atoms with Gasteiger partial charge in [0.1, 0.15) is 0 Å². The average Bonchev–Trinajstić information content (AvgIpc) is 3.13. The molecule has 0 aliphatic heterocycles. The maximum absolute atomic E-state index is 13.7. The summed E-state index contributed by atoms with van der Waals surface area (Å²) in [5.74, 6) is -1.55. The van der Waals surface area contributed by atoms with Crippen molar-refractivity contribution in [3.05, 3.63) is 135 Å². The molecule has 0 spiro atoms. The fourth-order valence-electron chi connectivity index (χ4n) is 3.82. The minimum absolute atomic E-state index is 0.171. The number of para-hydroxylation sites is 1. The number of benzene rings is 4. The fraction of sp³-hybridized carbons (Fsp3) is 0. The van der Waals surface area contributed by atoms with Gasteiger partial charge in [0.2, 0.25) is 0 Å². The molecule has 0 saturated heterocycles. The summed E-state index contributed by atoms with van der Waals surface area (Å²) in [6, 6.07) is 28.5. The van der Waals surface area contributed by atoms with Gasteiger partial charge in [-0.2, -0.15) is 9.36 Å². The number of rotatable bonds is 3. The number of hydrogen-bond donors (Lipinski definition) is 0. The molecule has 0 unspecified atom stereocenters. The second kappa shape index (κ2) is 8.05. The van der Waals surface area contributed by atoms with E-state index in [-0.39, 0.29) is 16.8 Å². The minimum Gasteiger partial charge on any atom is -0.267 e. The quantitative estimate of drug-likeness (QED) is 0.435. The highest BCUT2D eigenvalue weighted by molar-refractivity contribution is 6.08. The van der Waals surface area contributed by atoms with Gasteiger partial charge < -0.3 is 0 Å². The van der Waals surface area contributed by atoms with Crippen LogP contribution in [0.4, 0.5) is 0 Å². The van der Waals surface area contributed by atoms with Crippen LogP contribution in [0.5, 0.6) is 0 Å². The van der Waals surface area contributed by atoms with Crippen molar-refractivity contribution in [1.29, 1.82) is 0 Å². The van der Waals surface area contributed by atoms with Crippen LogP contribution in [0.25, 0.3) is 16.5 Å². The topological polar surface area (TPSA) is 83.1 Å². The largest absolute Gasteiger partial charge is 0.359 e. The Morgan fingerprint density at radius 3 is 1.79 bits per heavy atom. The van der Waals surface area contributed by atoms with Gasteiger partial charge in [0.25, 0.3) is 11.8 Å². The minimum atomic E-state index is -0.923. The molecule has 0 atom stereocenters. The van der Waals surface area contributed by atoms with Crippen LogP contribution >= 0.6 is 0 Å². The van der Waals surface area contributed by atoms with Gasteiger partial charge in [-0.05, 0) is 41.1 Å². The Balaban J connectivity index is 1.81. The van der Waals surface area contributed by atoms with E-state index in [0.29, 0.717) is 14.7 Å². The van der Waals surface area contributed by atoms with E-state index >= 15 is 0 Å². The number of fused-ring (bicyclic) bond motifs is 1. The number of nitrogens with zero attached hydrogens (tertiary/aromatic N) is 3. The van der Waals surface area contributed by atoms with Gasteiger partial charge in [-0.15, -0.1) is 0 Å². The highest BCUT2D eigenvalue weighted by Crippen LogP contribution is 2.19. The van der Waals surface area contributed by atoms with Crippen molar-refractivity contribution in [2.75, 3.05) is 0 Å². The predicted octanol–water partition coefficient (Wildman–Crippen LogP) is 3.33. The zero-order chi connectivity index (χ0) is 22.9. The van der Waals surface area contributed by atoms with Crippen molar-refractivity contribution < 1.29 is 9.59 Å². The zero-order valence-electron chi connectivity index (χ0n) is 17.3. The molecule has 0 bridgehead atoms. The van der Waals surface area contributed by atoms with Gasteiger partial charge in [-0.1, -0.05) is 72.8 Å². The van der Waals surface area contributed by atoms with E-state index in [1.54, 1.807) is 72.8 Å². The summed E-state index contributed by atoms with van der Waals surface area (Å²) in [6.07, 6.45) is 0. The highest BCUT2D eigenvalue weighted by atomic mass is 16.2. The highest BCUT2D eigenvalue weighted by Gasteiger charge is 2.28. The number of carbonyl (C=O) groups is 2. The van der Waals surface area contributed by atoms with Gasteiger partial charge in [-0.3, -0.25) is 9.59 Å². The Kier molecular flexibility index (Phi) is 4.91. The Morgan fingerprint density at radius 2 is 1.09 bits per heavy atom.